The van der Waals surface area contributed by atoms with Gasteiger partial charge in [-0.3, -0.25) is 0 Å². The van der Waals surface area contributed by atoms with Gasteiger partial charge in [0.05, 0.1) is 0 Å². The highest BCUT2D eigenvalue weighted by Crippen LogP contribution is 2.67. The molecule has 0 N–H and O–H groups in total. The van der Waals surface area contributed by atoms with Crippen LogP contribution >= 0.6 is 0 Å². The Morgan fingerprint density at radius 3 is 2.50 bits per heavy atom. The lowest BCUT2D eigenvalue weighted by Crippen LogP contribution is -2.50. The smallest absolute Gasteiger partial charge is 0.00851 e. The lowest BCUT2D eigenvalue weighted by atomic mass is 9.46. The van der Waals surface area contributed by atoms with Gasteiger partial charge < -0.3 is 0 Å². The van der Waals surface area contributed by atoms with Gasteiger partial charge in [-0.25, -0.2) is 0 Å². The minimum Gasteiger partial charge on any atom is -0.0845 e. The average molecular weight is 385 g/mol. The van der Waals surface area contributed by atoms with Crippen molar-refractivity contribution in [3.8, 4) is 0 Å². The lowest BCUT2D eigenvalue weighted by molar-refractivity contribution is -0.0523. The Morgan fingerprint density at radius 1 is 0.964 bits per heavy atom. The minimum absolute atomic E-state index is 0.553. The molecule has 0 heterocycles. The maximum atomic E-state index is 2.75. The molecule has 0 aliphatic heterocycles. The molecule has 160 valence electrons. The molecule has 0 radical (unpaired) electrons. The highest BCUT2D eigenvalue weighted by Gasteiger charge is 2.58. The summed E-state index contributed by atoms with van der Waals surface area (Å²) in [6.07, 6.45) is 19.0. The van der Waals surface area contributed by atoms with Crippen LogP contribution in [-0.2, 0) is 0 Å². The van der Waals surface area contributed by atoms with Gasteiger partial charge in [-0.15, -0.1) is 0 Å². The van der Waals surface area contributed by atoms with Crippen molar-refractivity contribution in [1.82, 2.24) is 0 Å². The molecule has 2 unspecified atom stereocenters. The van der Waals surface area contributed by atoms with Gasteiger partial charge in [-0.05, 0) is 104 Å². The Morgan fingerprint density at radius 2 is 1.75 bits per heavy atom. The van der Waals surface area contributed by atoms with E-state index in [0.717, 1.165) is 41.4 Å². The molecule has 0 heteroatoms. The fourth-order valence-corrected chi connectivity index (χ4v) is 8.87. The molecule has 4 aliphatic rings. The summed E-state index contributed by atoms with van der Waals surface area (Å²) in [5.74, 6) is 6.73. The SMILES string of the molecule is CC(C)CCC[C@@H](C)[C@H]1CC[C@H]2C3CC=C4CC(C)CC[C@]4(C)[C@H]3CC[C@]12C. The summed E-state index contributed by atoms with van der Waals surface area (Å²) in [4.78, 5) is 0. The van der Waals surface area contributed by atoms with E-state index >= 15 is 0 Å². The third kappa shape index (κ3) is 3.43. The van der Waals surface area contributed by atoms with E-state index in [9.17, 15) is 0 Å². The van der Waals surface area contributed by atoms with Crippen LogP contribution in [0.1, 0.15) is 112 Å². The number of fused-ring (bicyclic) bond motifs is 5. The van der Waals surface area contributed by atoms with Crippen molar-refractivity contribution in [2.75, 3.05) is 0 Å². The molecule has 4 rings (SSSR count). The zero-order valence-corrected chi connectivity index (χ0v) is 19.9. The number of rotatable bonds is 5. The molecule has 0 aromatic rings. The van der Waals surface area contributed by atoms with Crippen molar-refractivity contribution in [1.29, 1.82) is 0 Å². The molecule has 0 aromatic heterocycles. The summed E-state index contributed by atoms with van der Waals surface area (Å²) in [6, 6.07) is 0. The van der Waals surface area contributed by atoms with Gasteiger partial charge in [0.25, 0.3) is 0 Å². The van der Waals surface area contributed by atoms with Crippen LogP contribution in [-0.4, -0.2) is 0 Å². The molecule has 4 aliphatic carbocycles. The van der Waals surface area contributed by atoms with Crippen molar-refractivity contribution in [3.63, 3.8) is 0 Å². The first kappa shape index (κ1) is 21.0. The van der Waals surface area contributed by atoms with Crippen molar-refractivity contribution < 1.29 is 0 Å². The highest BCUT2D eigenvalue weighted by atomic mass is 14.6. The number of hydrogen-bond acceptors (Lipinski definition) is 0. The number of allylic oxidation sites excluding steroid dienone is 2. The van der Waals surface area contributed by atoms with Crippen LogP contribution in [0.2, 0.25) is 0 Å². The van der Waals surface area contributed by atoms with Crippen molar-refractivity contribution in [3.05, 3.63) is 11.6 Å². The van der Waals surface area contributed by atoms with Crippen LogP contribution in [0.3, 0.4) is 0 Å². The van der Waals surface area contributed by atoms with E-state index in [1.165, 1.54) is 70.6 Å². The molecule has 0 bridgehead atoms. The third-order valence-corrected chi connectivity index (χ3v) is 10.6. The third-order valence-electron chi connectivity index (χ3n) is 10.6. The van der Waals surface area contributed by atoms with E-state index in [4.69, 9.17) is 0 Å². The van der Waals surface area contributed by atoms with Crippen molar-refractivity contribution >= 4 is 0 Å². The standard InChI is InChI=1S/C28H48/c1-19(2)8-7-9-21(4)24-12-13-25-23-11-10-22-18-20(3)14-16-27(22,5)26(23)15-17-28(24,25)6/h10,19-21,23-26H,7-9,11-18H2,1-6H3/t20?,21-,23?,24-,25+,26+,27+,28-/m1/s1. The van der Waals surface area contributed by atoms with E-state index in [1.54, 1.807) is 0 Å². The fraction of sp³-hybridized carbons (Fsp3) is 0.929. The molecule has 0 amide bonds. The van der Waals surface area contributed by atoms with Gasteiger partial charge in [-0.1, -0.05) is 72.5 Å². The lowest BCUT2D eigenvalue weighted by Gasteiger charge is -2.58. The van der Waals surface area contributed by atoms with Gasteiger partial charge in [0, 0.05) is 0 Å². The van der Waals surface area contributed by atoms with Crippen molar-refractivity contribution in [2.24, 2.45) is 52.3 Å². The second-order valence-corrected chi connectivity index (χ2v) is 12.6. The average Bonchev–Trinajstić information content (AvgIpc) is 2.99. The maximum Gasteiger partial charge on any atom is -0.00851 e. The topological polar surface area (TPSA) is 0 Å². The second-order valence-electron chi connectivity index (χ2n) is 12.6. The molecule has 0 spiro atoms. The maximum absolute atomic E-state index is 2.75. The normalized spacial score (nSPS) is 46.5. The van der Waals surface area contributed by atoms with Crippen LogP contribution in [0.5, 0.6) is 0 Å². The predicted octanol–water partition coefficient (Wildman–Crippen LogP) is 8.66. The van der Waals surface area contributed by atoms with Crippen LogP contribution in [0.4, 0.5) is 0 Å². The Balaban J connectivity index is 1.49. The summed E-state index contributed by atoms with van der Waals surface area (Å²) in [7, 11) is 0. The molecule has 3 saturated carbocycles. The Kier molecular flexibility index (Phi) is 5.83. The zero-order valence-electron chi connectivity index (χ0n) is 19.9. The largest absolute Gasteiger partial charge is 0.0845 e. The highest BCUT2D eigenvalue weighted by molar-refractivity contribution is 5.25. The summed E-state index contributed by atoms with van der Waals surface area (Å²) in [6.45, 7) is 15.3. The zero-order chi connectivity index (χ0) is 20.1. The second kappa shape index (κ2) is 7.77. The van der Waals surface area contributed by atoms with Crippen molar-refractivity contribution in [2.45, 2.75) is 112 Å². The predicted molar refractivity (Wildman–Crippen MR) is 122 cm³/mol. The van der Waals surface area contributed by atoms with E-state index in [0.29, 0.717) is 10.8 Å². The van der Waals surface area contributed by atoms with E-state index in [-0.39, 0.29) is 0 Å². The van der Waals surface area contributed by atoms with E-state index < -0.39 is 0 Å². The summed E-state index contributed by atoms with van der Waals surface area (Å²) < 4.78 is 0. The minimum atomic E-state index is 0.553. The summed E-state index contributed by atoms with van der Waals surface area (Å²) >= 11 is 0. The molecule has 3 fully saturated rings. The van der Waals surface area contributed by atoms with Gasteiger partial charge in [0.15, 0.2) is 0 Å². The monoisotopic (exact) mass is 384 g/mol. The Labute approximate surface area is 176 Å². The van der Waals surface area contributed by atoms with Crippen LogP contribution in [0.15, 0.2) is 11.6 Å². The molecular formula is C28H48. The molecule has 28 heavy (non-hydrogen) atoms. The van der Waals surface area contributed by atoms with E-state index in [2.05, 4.69) is 47.6 Å². The first-order valence-corrected chi connectivity index (χ1v) is 12.9. The van der Waals surface area contributed by atoms with Gasteiger partial charge >= 0.3 is 0 Å². The van der Waals surface area contributed by atoms with E-state index in [1.807, 2.05) is 5.57 Å². The first-order valence-electron chi connectivity index (χ1n) is 12.9. The molecule has 0 aromatic carbocycles. The molecule has 8 atom stereocenters. The van der Waals surface area contributed by atoms with Gasteiger partial charge in [0.2, 0.25) is 0 Å². The molecule has 0 nitrogen and oxygen atoms in total. The van der Waals surface area contributed by atoms with Gasteiger partial charge in [0.1, 0.15) is 0 Å². The Hall–Kier alpha value is -0.260. The van der Waals surface area contributed by atoms with Gasteiger partial charge in [-0.2, -0.15) is 0 Å². The number of hydrogen-bond donors (Lipinski definition) is 0. The first-order chi connectivity index (χ1) is 13.3. The summed E-state index contributed by atoms with van der Waals surface area (Å²) in [5.41, 5.74) is 3.06. The molecular weight excluding hydrogens is 336 g/mol. The molecule has 0 saturated heterocycles. The van der Waals surface area contributed by atoms with Crippen LogP contribution in [0.25, 0.3) is 0 Å². The quantitative estimate of drug-likeness (QED) is 0.416. The van der Waals surface area contributed by atoms with Crippen LogP contribution < -0.4 is 0 Å². The fourth-order valence-electron chi connectivity index (χ4n) is 8.87. The Bertz CT molecular complexity index is 585. The van der Waals surface area contributed by atoms with Crippen LogP contribution in [0, 0.1) is 52.3 Å². The summed E-state index contributed by atoms with van der Waals surface area (Å²) in [5, 5.41) is 0.